The maximum atomic E-state index is 11.9. The Kier molecular flexibility index (Phi) is 6.77. The van der Waals surface area contributed by atoms with E-state index in [1.807, 2.05) is 56.3 Å². The van der Waals surface area contributed by atoms with Crippen molar-refractivity contribution in [3.63, 3.8) is 0 Å². The van der Waals surface area contributed by atoms with Crippen LogP contribution in [0.3, 0.4) is 0 Å². The molecule has 0 heterocycles. The minimum atomic E-state index is -1.14. The highest BCUT2D eigenvalue weighted by molar-refractivity contribution is 6.02. The standard InChI is InChI=1S/C17H14O3.C2H6/c1-12(17(19)20)11-16(18)15-9-7-14(8-10-15)13-5-3-2-4-6-13;1-2/h2-10H,1,11H2,(H,19,20);1-2H3. The van der Waals surface area contributed by atoms with Crippen LogP contribution in [0.4, 0.5) is 0 Å². The van der Waals surface area contributed by atoms with Crippen molar-refractivity contribution < 1.29 is 14.7 Å². The van der Waals surface area contributed by atoms with Crippen molar-refractivity contribution in [1.82, 2.24) is 0 Å². The maximum absolute atomic E-state index is 11.9. The Labute approximate surface area is 130 Å². The van der Waals surface area contributed by atoms with Gasteiger partial charge in [-0.1, -0.05) is 75.0 Å². The van der Waals surface area contributed by atoms with Crippen molar-refractivity contribution in [1.29, 1.82) is 0 Å². The smallest absolute Gasteiger partial charge is 0.331 e. The molecule has 0 atom stereocenters. The summed E-state index contributed by atoms with van der Waals surface area (Å²) in [6, 6.07) is 16.9. The van der Waals surface area contributed by atoms with Crippen LogP contribution < -0.4 is 0 Å². The first kappa shape index (κ1) is 17.4. The number of ketones is 1. The van der Waals surface area contributed by atoms with Crippen LogP contribution in [0.15, 0.2) is 66.7 Å². The molecule has 0 saturated heterocycles. The van der Waals surface area contributed by atoms with Gasteiger partial charge in [-0.2, -0.15) is 0 Å². The Bertz CT molecular complexity index is 640. The molecule has 22 heavy (non-hydrogen) atoms. The van der Waals surface area contributed by atoms with Crippen molar-refractivity contribution in [2.75, 3.05) is 0 Å². The summed E-state index contributed by atoms with van der Waals surface area (Å²) in [5.41, 5.74) is 2.48. The highest BCUT2D eigenvalue weighted by Crippen LogP contribution is 2.20. The number of carboxylic acid groups (broad SMARTS) is 1. The zero-order valence-corrected chi connectivity index (χ0v) is 12.9. The minimum Gasteiger partial charge on any atom is -0.478 e. The zero-order chi connectivity index (χ0) is 16.5. The Balaban J connectivity index is 0.00000116. The van der Waals surface area contributed by atoms with Crippen molar-refractivity contribution >= 4 is 11.8 Å². The fraction of sp³-hybridized carbons (Fsp3) is 0.158. The average molecular weight is 296 g/mol. The molecule has 0 aliphatic heterocycles. The van der Waals surface area contributed by atoms with Gasteiger partial charge in [0.2, 0.25) is 0 Å². The molecule has 0 unspecified atom stereocenters. The number of benzene rings is 2. The normalized spacial score (nSPS) is 9.36. The molecule has 1 N–H and O–H groups in total. The number of hydrogen-bond acceptors (Lipinski definition) is 2. The number of Topliss-reactive ketones (excluding diaryl/α,β-unsaturated/α-hetero) is 1. The monoisotopic (exact) mass is 296 g/mol. The molecule has 0 aliphatic rings. The third-order valence-corrected chi connectivity index (χ3v) is 2.99. The van der Waals surface area contributed by atoms with Crippen LogP contribution in [0.5, 0.6) is 0 Å². The van der Waals surface area contributed by atoms with Crippen molar-refractivity contribution in [2.45, 2.75) is 20.3 Å². The summed E-state index contributed by atoms with van der Waals surface area (Å²) >= 11 is 0. The molecule has 3 heteroatoms. The van der Waals surface area contributed by atoms with Crippen LogP contribution in [-0.2, 0) is 4.79 Å². The van der Waals surface area contributed by atoms with E-state index < -0.39 is 5.97 Å². The molecule has 0 amide bonds. The maximum Gasteiger partial charge on any atom is 0.331 e. The van der Waals surface area contributed by atoms with Gasteiger partial charge in [0.15, 0.2) is 5.78 Å². The van der Waals surface area contributed by atoms with Crippen LogP contribution in [0.1, 0.15) is 30.6 Å². The average Bonchev–Trinajstić information content (AvgIpc) is 2.57. The lowest BCUT2D eigenvalue weighted by molar-refractivity contribution is -0.132. The lowest BCUT2D eigenvalue weighted by atomic mass is 10.00. The van der Waals surface area contributed by atoms with E-state index in [-0.39, 0.29) is 17.8 Å². The molecule has 2 aromatic carbocycles. The topological polar surface area (TPSA) is 54.4 Å². The predicted octanol–water partition coefficient (Wildman–Crippen LogP) is 4.59. The number of carboxylic acids is 1. The first-order valence-electron chi connectivity index (χ1n) is 7.17. The Morgan fingerprint density at radius 2 is 1.41 bits per heavy atom. The third-order valence-electron chi connectivity index (χ3n) is 2.99. The number of carbonyl (C=O) groups excluding carboxylic acids is 1. The fourth-order valence-electron chi connectivity index (χ4n) is 1.85. The number of hydrogen-bond donors (Lipinski definition) is 1. The molecule has 3 nitrogen and oxygen atoms in total. The molecule has 2 rings (SSSR count). The Morgan fingerprint density at radius 1 is 0.909 bits per heavy atom. The van der Waals surface area contributed by atoms with Crippen molar-refractivity contribution in [3.05, 3.63) is 72.3 Å². The van der Waals surface area contributed by atoms with E-state index in [1.165, 1.54) is 0 Å². The number of rotatable bonds is 5. The van der Waals surface area contributed by atoms with Crippen molar-refractivity contribution in [3.8, 4) is 11.1 Å². The van der Waals surface area contributed by atoms with E-state index in [0.29, 0.717) is 5.56 Å². The molecule has 0 fully saturated rings. The van der Waals surface area contributed by atoms with Gasteiger partial charge in [-0.05, 0) is 11.1 Å². The van der Waals surface area contributed by atoms with Crippen LogP contribution >= 0.6 is 0 Å². The molecular formula is C19H20O3. The first-order valence-corrected chi connectivity index (χ1v) is 7.17. The van der Waals surface area contributed by atoms with E-state index in [1.54, 1.807) is 12.1 Å². The highest BCUT2D eigenvalue weighted by Gasteiger charge is 2.12. The van der Waals surface area contributed by atoms with E-state index in [2.05, 4.69) is 6.58 Å². The summed E-state index contributed by atoms with van der Waals surface area (Å²) < 4.78 is 0. The molecule has 0 spiro atoms. The second kappa shape index (κ2) is 8.57. The molecule has 0 radical (unpaired) electrons. The fourth-order valence-corrected chi connectivity index (χ4v) is 1.85. The van der Waals surface area contributed by atoms with E-state index >= 15 is 0 Å². The SMILES string of the molecule is C=C(CC(=O)c1ccc(-c2ccccc2)cc1)C(=O)O.CC. The summed E-state index contributed by atoms with van der Waals surface area (Å²) in [4.78, 5) is 22.5. The number of carbonyl (C=O) groups is 2. The van der Waals surface area contributed by atoms with Gasteiger partial charge in [0.05, 0.1) is 0 Å². The summed E-state index contributed by atoms with van der Waals surface area (Å²) in [6.45, 7) is 7.36. The Hall–Kier alpha value is -2.68. The van der Waals surface area contributed by atoms with Gasteiger partial charge in [-0.25, -0.2) is 4.79 Å². The van der Waals surface area contributed by atoms with Gasteiger partial charge >= 0.3 is 5.97 Å². The summed E-state index contributed by atoms with van der Waals surface area (Å²) in [7, 11) is 0. The molecular weight excluding hydrogens is 276 g/mol. The van der Waals surface area contributed by atoms with Gasteiger partial charge in [0.25, 0.3) is 0 Å². The van der Waals surface area contributed by atoms with Gasteiger partial charge in [0, 0.05) is 17.6 Å². The van der Waals surface area contributed by atoms with Gasteiger partial charge in [0.1, 0.15) is 0 Å². The molecule has 0 saturated carbocycles. The molecule has 0 bridgehead atoms. The summed E-state index contributed by atoms with van der Waals surface area (Å²) in [6.07, 6.45) is -0.167. The number of aliphatic carboxylic acids is 1. The van der Waals surface area contributed by atoms with E-state index in [9.17, 15) is 9.59 Å². The molecule has 0 aromatic heterocycles. The van der Waals surface area contributed by atoms with Crippen LogP contribution in [0.2, 0.25) is 0 Å². The Morgan fingerprint density at radius 3 is 1.91 bits per heavy atom. The second-order valence-electron chi connectivity index (χ2n) is 4.45. The van der Waals surface area contributed by atoms with Crippen LogP contribution in [-0.4, -0.2) is 16.9 Å². The quantitative estimate of drug-likeness (QED) is 0.648. The lowest BCUT2D eigenvalue weighted by Gasteiger charge is -2.04. The largest absolute Gasteiger partial charge is 0.478 e. The van der Waals surface area contributed by atoms with Crippen molar-refractivity contribution in [2.24, 2.45) is 0 Å². The zero-order valence-electron chi connectivity index (χ0n) is 12.9. The molecule has 114 valence electrons. The molecule has 0 aliphatic carbocycles. The first-order chi connectivity index (χ1) is 10.6. The third kappa shape index (κ3) is 4.70. The molecule has 2 aromatic rings. The minimum absolute atomic E-state index is 0.0952. The van der Waals surface area contributed by atoms with E-state index in [4.69, 9.17) is 5.11 Å². The second-order valence-corrected chi connectivity index (χ2v) is 4.45. The van der Waals surface area contributed by atoms with Gasteiger partial charge in [-0.3, -0.25) is 4.79 Å². The highest BCUT2D eigenvalue weighted by atomic mass is 16.4. The van der Waals surface area contributed by atoms with E-state index in [0.717, 1.165) is 11.1 Å². The van der Waals surface area contributed by atoms with Crippen LogP contribution in [0, 0.1) is 0 Å². The predicted molar refractivity (Wildman–Crippen MR) is 88.9 cm³/mol. The lowest BCUT2D eigenvalue weighted by Crippen LogP contribution is -2.06. The summed E-state index contributed by atoms with van der Waals surface area (Å²) in [5.74, 6) is -1.38. The van der Waals surface area contributed by atoms with Crippen LogP contribution in [0.25, 0.3) is 11.1 Å². The summed E-state index contributed by atoms with van der Waals surface area (Å²) in [5, 5.41) is 8.72. The van der Waals surface area contributed by atoms with Gasteiger partial charge < -0.3 is 5.11 Å². The van der Waals surface area contributed by atoms with Gasteiger partial charge in [-0.15, -0.1) is 0 Å².